The van der Waals surface area contributed by atoms with Gasteiger partial charge in [-0.2, -0.15) is 0 Å². The molecular formula is C14H17NO2. The molecule has 0 bridgehead atoms. The highest BCUT2D eigenvalue weighted by Crippen LogP contribution is 2.12. The van der Waals surface area contributed by atoms with Crippen molar-refractivity contribution in [3.8, 4) is 11.8 Å². The Morgan fingerprint density at radius 2 is 2.12 bits per heavy atom. The summed E-state index contributed by atoms with van der Waals surface area (Å²) in [6.07, 6.45) is 0.420. The van der Waals surface area contributed by atoms with Crippen molar-refractivity contribution in [2.75, 3.05) is 20.7 Å². The fraction of sp³-hybridized carbons (Fsp3) is 0.357. The molecule has 1 amide bonds. The predicted molar refractivity (Wildman–Crippen MR) is 67.8 cm³/mol. The van der Waals surface area contributed by atoms with Crippen molar-refractivity contribution in [2.45, 2.75) is 13.3 Å². The lowest BCUT2D eigenvalue weighted by atomic mass is 10.0. The molecule has 0 heterocycles. The number of benzene rings is 1. The van der Waals surface area contributed by atoms with Crippen molar-refractivity contribution in [3.63, 3.8) is 0 Å². The van der Waals surface area contributed by atoms with Crippen LogP contribution in [-0.4, -0.2) is 36.6 Å². The van der Waals surface area contributed by atoms with Gasteiger partial charge in [-0.15, -0.1) is 0 Å². The summed E-state index contributed by atoms with van der Waals surface area (Å²) < 4.78 is 0. The largest absolute Gasteiger partial charge is 0.395 e. The summed E-state index contributed by atoms with van der Waals surface area (Å²) >= 11 is 0. The minimum Gasteiger partial charge on any atom is -0.395 e. The number of aryl methyl sites for hydroxylation is 1. The second-order valence-electron chi connectivity index (χ2n) is 4.02. The number of aliphatic hydroxyl groups is 1. The topological polar surface area (TPSA) is 40.5 Å². The Bertz CT molecular complexity index is 467. The molecule has 1 rings (SSSR count). The highest BCUT2D eigenvalue weighted by Gasteiger charge is 2.11. The molecule has 0 radical (unpaired) electrons. The monoisotopic (exact) mass is 231 g/mol. The van der Waals surface area contributed by atoms with Gasteiger partial charge in [-0.05, 0) is 24.6 Å². The zero-order valence-corrected chi connectivity index (χ0v) is 10.4. The van der Waals surface area contributed by atoms with Crippen LogP contribution in [0, 0.1) is 18.8 Å². The average Bonchev–Trinajstić information content (AvgIpc) is 2.28. The van der Waals surface area contributed by atoms with E-state index in [1.165, 1.54) is 4.90 Å². The fourth-order valence-electron chi connectivity index (χ4n) is 1.40. The normalized spacial score (nSPS) is 9.41. The number of aliphatic hydroxyl groups excluding tert-OH is 1. The summed E-state index contributed by atoms with van der Waals surface area (Å²) in [6, 6.07) is 5.58. The zero-order valence-electron chi connectivity index (χ0n) is 10.4. The number of hydrogen-bond acceptors (Lipinski definition) is 2. The Labute approximate surface area is 102 Å². The maximum Gasteiger partial charge on any atom is 0.254 e. The lowest BCUT2D eigenvalue weighted by Gasteiger charge is -2.12. The van der Waals surface area contributed by atoms with E-state index >= 15 is 0 Å². The summed E-state index contributed by atoms with van der Waals surface area (Å²) in [5.41, 5.74) is 2.39. The molecular weight excluding hydrogens is 214 g/mol. The van der Waals surface area contributed by atoms with Crippen molar-refractivity contribution < 1.29 is 9.90 Å². The van der Waals surface area contributed by atoms with Gasteiger partial charge in [0, 0.05) is 26.1 Å². The van der Waals surface area contributed by atoms with Crippen molar-refractivity contribution in [1.29, 1.82) is 0 Å². The molecule has 1 N–H and O–H groups in total. The van der Waals surface area contributed by atoms with Crippen molar-refractivity contribution in [2.24, 2.45) is 0 Å². The minimum atomic E-state index is -0.0571. The van der Waals surface area contributed by atoms with Crippen LogP contribution in [0.2, 0.25) is 0 Å². The highest BCUT2D eigenvalue weighted by molar-refractivity contribution is 5.96. The molecule has 3 heteroatoms. The zero-order chi connectivity index (χ0) is 12.8. The molecule has 0 saturated carbocycles. The minimum absolute atomic E-state index is 0.0375. The van der Waals surface area contributed by atoms with Gasteiger partial charge in [0.2, 0.25) is 0 Å². The van der Waals surface area contributed by atoms with E-state index in [0.717, 1.165) is 11.1 Å². The first-order valence-corrected chi connectivity index (χ1v) is 5.48. The van der Waals surface area contributed by atoms with Crippen molar-refractivity contribution in [3.05, 3.63) is 34.9 Å². The van der Waals surface area contributed by atoms with E-state index in [9.17, 15) is 4.79 Å². The lowest BCUT2D eigenvalue weighted by Crippen LogP contribution is -2.22. The molecule has 1 aromatic carbocycles. The molecule has 0 aromatic heterocycles. The second kappa shape index (κ2) is 6.07. The van der Waals surface area contributed by atoms with Crippen LogP contribution < -0.4 is 0 Å². The number of carbonyl (C=O) groups is 1. The smallest absolute Gasteiger partial charge is 0.254 e. The van der Waals surface area contributed by atoms with Gasteiger partial charge >= 0.3 is 0 Å². The van der Waals surface area contributed by atoms with E-state index < -0.39 is 0 Å². The number of carbonyl (C=O) groups excluding carboxylic acids is 1. The Kier molecular flexibility index (Phi) is 4.74. The third-order valence-corrected chi connectivity index (χ3v) is 2.27. The standard InChI is InChI=1S/C14H17NO2/c1-11-7-8-13(14(17)15(2)3)12(10-11)6-4-5-9-16/h7-8,10,16H,5,9H2,1-3H3. The number of hydrogen-bond donors (Lipinski definition) is 1. The van der Waals surface area contributed by atoms with Crippen molar-refractivity contribution >= 4 is 5.91 Å². The number of rotatable bonds is 2. The first kappa shape index (κ1) is 13.3. The van der Waals surface area contributed by atoms with E-state index in [2.05, 4.69) is 11.8 Å². The van der Waals surface area contributed by atoms with Crippen molar-refractivity contribution in [1.82, 2.24) is 4.90 Å². The van der Waals surface area contributed by atoms with Gasteiger partial charge in [-0.25, -0.2) is 0 Å². The van der Waals surface area contributed by atoms with Gasteiger partial charge in [0.1, 0.15) is 0 Å². The second-order valence-corrected chi connectivity index (χ2v) is 4.02. The quantitative estimate of drug-likeness (QED) is 0.782. The van der Waals surface area contributed by atoms with Gasteiger partial charge < -0.3 is 10.0 Å². The van der Waals surface area contributed by atoms with E-state index in [0.29, 0.717) is 12.0 Å². The molecule has 0 aliphatic carbocycles. The van der Waals surface area contributed by atoms with Crippen LogP contribution >= 0.6 is 0 Å². The molecule has 3 nitrogen and oxygen atoms in total. The summed E-state index contributed by atoms with van der Waals surface area (Å²) in [7, 11) is 3.43. The Balaban J connectivity index is 3.14. The highest BCUT2D eigenvalue weighted by atomic mass is 16.2. The van der Waals surface area contributed by atoms with Gasteiger partial charge in [-0.1, -0.05) is 17.9 Å². The molecule has 0 fully saturated rings. The third-order valence-electron chi connectivity index (χ3n) is 2.27. The molecule has 0 saturated heterocycles. The summed E-state index contributed by atoms with van der Waals surface area (Å²) in [6.45, 7) is 2.00. The van der Waals surface area contributed by atoms with E-state index in [1.54, 1.807) is 20.2 Å². The van der Waals surface area contributed by atoms with Gasteiger partial charge in [0.25, 0.3) is 5.91 Å². The molecule has 1 aromatic rings. The third kappa shape index (κ3) is 3.61. The van der Waals surface area contributed by atoms with Crippen LogP contribution in [0.1, 0.15) is 27.9 Å². The van der Waals surface area contributed by atoms with Gasteiger partial charge in [-0.3, -0.25) is 4.79 Å². The van der Waals surface area contributed by atoms with Crippen LogP contribution in [0.5, 0.6) is 0 Å². The summed E-state index contributed by atoms with van der Waals surface area (Å²) in [5.74, 6) is 5.72. The molecule has 0 atom stereocenters. The van der Waals surface area contributed by atoms with Gasteiger partial charge in [0.05, 0.1) is 12.2 Å². The Morgan fingerprint density at radius 1 is 1.41 bits per heavy atom. The lowest BCUT2D eigenvalue weighted by molar-refractivity contribution is 0.0827. The number of amides is 1. The van der Waals surface area contributed by atoms with E-state index in [1.807, 2.05) is 19.1 Å². The van der Waals surface area contributed by atoms with E-state index in [-0.39, 0.29) is 12.5 Å². The van der Waals surface area contributed by atoms with Crippen LogP contribution in [-0.2, 0) is 0 Å². The van der Waals surface area contributed by atoms with Crippen LogP contribution in [0.15, 0.2) is 18.2 Å². The van der Waals surface area contributed by atoms with Gasteiger partial charge in [0.15, 0.2) is 0 Å². The Hall–Kier alpha value is -1.79. The molecule has 0 unspecified atom stereocenters. The first-order chi connectivity index (χ1) is 8.06. The molecule has 0 aliphatic rings. The summed E-state index contributed by atoms with van der Waals surface area (Å²) in [5, 5.41) is 8.69. The predicted octanol–water partition coefficient (Wildman–Crippen LogP) is 1.43. The molecule has 0 aliphatic heterocycles. The van der Waals surface area contributed by atoms with Crippen LogP contribution in [0.3, 0.4) is 0 Å². The maximum atomic E-state index is 11.9. The first-order valence-electron chi connectivity index (χ1n) is 5.48. The van der Waals surface area contributed by atoms with Crippen LogP contribution in [0.25, 0.3) is 0 Å². The average molecular weight is 231 g/mol. The summed E-state index contributed by atoms with van der Waals surface area (Å²) in [4.78, 5) is 13.4. The fourth-order valence-corrected chi connectivity index (χ4v) is 1.40. The van der Waals surface area contributed by atoms with Crippen LogP contribution in [0.4, 0.5) is 0 Å². The number of nitrogens with zero attached hydrogens (tertiary/aromatic N) is 1. The maximum absolute atomic E-state index is 11.9. The SMILES string of the molecule is Cc1ccc(C(=O)N(C)C)c(C#CCCO)c1. The molecule has 17 heavy (non-hydrogen) atoms. The van der Waals surface area contributed by atoms with E-state index in [4.69, 9.17) is 5.11 Å². The Morgan fingerprint density at radius 3 is 2.71 bits per heavy atom. The molecule has 90 valence electrons. The molecule has 0 spiro atoms.